The molecule has 2 heterocycles. The number of nitrogens with zero attached hydrogens (tertiary/aromatic N) is 2. The van der Waals surface area contributed by atoms with E-state index in [2.05, 4.69) is 47.4 Å². The molecule has 0 saturated carbocycles. The standard InChI is InChI=1S/C50H85N3O17P2/c1-3-5-7-9-11-12-13-14-15-16-17-18-19-20-21-25-29-33-45(56)65-37-40(68-46(57)34-30-26-22-24-28-32-42(55)41(54)31-27-23-10-8-6-4-2)38-66-71(61,62)70-72(63,64)67-39-43-47(58)48(59)49(69-43)53-36-35-44(51)52-50(53)60/h14-15,17-18,20-21,23,27,35-36,40-43,47-49,54-55,58-59H,3-13,16,19,22,24-26,28-34,37-39H2,1-2H3,(H,61,62)(H,63,64)(H2,51,52,60)/b15-14-,18-17-,21-20-,27-23-/t40-,41+,42+,43-,47-,48-,49-/m1/s1. The Morgan fingerprint density at radius 3 is 1.96 bits per heavy atom. The summed E-state index contributed by atoms with van der Waals surface area (Å²) in [6.07, 6.45) is 27.8. The van der Waals surface area contributed by atoms with Gasteiger partial charge in [0.1, 0.15) is 30.7 Å². The summed E-state index contributed by atoms with van der Waals surface area (Å²) in [5.74, 6) is -1.48. The third-order valence-electron chi connectivity index (χ3n) is 11.6. The van der Waals surface area contributed by atoms with E-state index in [4.69, 9.17) is 29.0 Å². The summed E-state index contributed by atoms with van der Waals surface area (Å²) in [7, 11) is -10.9. The third-order valence-corrected chi connectivity index (χ3v) is 14.2. The number of allylic oxidation sites excluding steroid dienone is 7. The van der Waals surface area contributed by atoms with Gasteiger partial charge in [0.2, 0.25) is 0 Å². The van der Waals surface area contributed by atoms with Crippen LogP contribution in [0.25, 0.3) is 0 Å². The molecular weight excluding hydrogens is 977 g/mol. The molecule has 22 heteroatoms. The number of ether oxygens (including phenoxy) is 3. The minimum absolute atomic E-state index is 0.0225. The van der Waals surface area contributed by atoms with Crippen LogP contribution in [0, 0.1) is 0 Å². The third kappa shape index (κ3) is 30.1. The van der Waals surface area contributed by atoms with Gasteiger partial charge < -0.3 is 50.2 Å². The van der Waals surface area contributed by atoms with Crippen molar-refractivity contribution >= 4 is 33.4 Å². The molecule has 2 rings (SSSR count). The molecule has 1 aromatic heterocycles. The van der Waals surface area contributed by atoms with Gasteiger partial charge in [-0.2, -0.15) is 9.29 Å². The summed E-state index contributed by atoms with van der Waals surface area (Å²) < 4.78 is 56.6. The Kier molecular flexibility index (Phi) is 34.4. The van der Waals surface area contributed by atoms with Crippen molar-refractivity contribution in [1.29, 1.82) is 0 Å². The maximum absolute atomic E-state index is 12.9. The van der Waals surface area contributed by atoms with Crippen molar-refractivity contribution in [3.8, 4) is 0 Å². The van der Waals surface area contributed by atoms with Crippen molar-refractivity contribution < 1.29 is 76.5 Å². The summed E-state index contributed by atoms with van der Waals surface area (Å²) in [6, 6.07) is 1.23. The number of unbranched alkanes of at least 4 members (excludes halogenated alkanes) is 14. The van der Waals surface area contributed by atoms with Gasteiger partial charge in [0.05, 0.1) is 25.4 Å². The van der Waals surface area contributed by atoms with Crippen molar-refractivity contribution in [1.82, 2.24) is 9.55 Å². The fraction of sp³-hybridized carbons (Fsp3) is 0.720. The smallest absolute Gasteiger partial charge is 0.462 e. The lowest BCUT2D eigenvalue weighted by atomic mass is 10.0. The number of rotatable bonds is 42. The van der Waals surface area contributed by atoms with E-state index in [0.29, 0.717) is 44.9 Å². The lowest BCUT2D eigenvalue weighted by molar-refractivity contribution is -0.161. The molecule has 0 amide bonds. The SMILES string of the molecule is CCCCC/C=C\C[C@H](O)[C@@H](O)CCCCCCCC(=O)O[C@H](COC(=O)CCC/C=C\C/C=C\C/C=C\CCCCCCCC)COP(=O)(O)OP(=O)(O)OC[C@H]1O[C@@H](n2ccc(N)nc2=O)[C@H](O)[C@@H]1O. The Labute approximate surface area is 425 Å². The number of hydrogen-bond donors (Lipinski definition) is 7. The first-order valence-corrected chi connectivity index (χ1v) is 28.8. The van der Waals surface area contributed by atoms with E-state index in [0.717, 1.165) is 68.6 Å². The van der Waals surface area contributed by atoms with Gasteiger partial charge in [-0.05, 0) is 76.7 Å². The summed E-state index contributed by atoms with van der Waals surface area (Å²) in [6.45, 7) is 1.89. The number of carbonyl (C=O) groups is 2. The molecule has 0 radical (unpaired) electrons. The van der Waals surface area contributed by atoms with Crippen LogP contribution in [0.15, 0.2) is 65.7 Å². The Morgan fingerprint density at radius 1 is 0.722 bits per heavy atom. The number of nitrogen functional groups attached to an aromatic ring is 1. The van der Waals surface area contributed by atoms with E-state index in [9.17, 15) is 53.7 Å². The molecule has 72 heavy (non-hydrogen) atoms. The van der Waals surface area contributed by atoms with Gasteiger partial charge >= 0.3 is 33.3 Å². The molecule has 0 bridgehead atoms. The zero-order valence-corrected chi connectivity index (χ0v) is 44.2. The van der Waals surface area contributed by atoms with E-state index in [1.165, 1.54) is 44.6 Å². The van der Waals surface area contributed by atoms with Crippen LogP contribution < -0.4 is 11.4 Å². The first-order valence-electron chi connectivity index (χ1n) is 25.8. The summed E-state index contributed by atoms with van der Waals surface area (Å²) in [5, 5.41) is 41.5. The predicted octanol–water partition coefficient (Wildman–Crippen LogP) is 8.50. The van der Waals surface area contributed by atoms with E-state index in [1.807, 2.05) is 24.3 Å². The van der Waals surface area contributed by atoms with Crippen molar-refractivity contribution in [3.05, 3.63) is 71.4 Å². The Balaban J connectivity index is 1.85. The van der Waals surface area contributed by atoms with E-state index >= 15 is 0 Å². The maximum atomic E-state index is 12.9. The average Bonchev–Trinajstić information content (AvgIpc) is 3.61. The number of hydrogen-bond acceptors (Lipinski definition) is 17. The van der Waals surface area contributed by atoms with Gasteiger partial charge in [0.15, 0.2) is 12.3 Å². The van der Waals surface area contributed by atoms with Gasteiger partial charge in [0, 0.05) is 19.0 Å². The van der Waals surface area contributed by atoms with Gasteiger partial charge in [-0.3, -0.25) is 23.2 Å². The predicted molar refractivity (Wildman–Crippen MR) is 273 cm³/mol. The quantitative estimate of drug-likeness (QED) is 0.0140. The van der Waals surface area contributed by atoms with Crippen molar-refractivity contribution in [2.45, 2.75) is 211 Å². The second-order valence-corrected chi connectivity index (χ2v) is 21.0. The number of esters is 2. The minimum Gasteiger partial charge on any atom is -0.462 e. The highest BCUT2D eigenvalue weighted by molar-refractivity contribution is 7.61. The van der Waals surface area contributed by atoms with Crippen molar-refractivity contribution in [2.75, 3.05) is 25.6 Å². The fourth-order valence-corrected chi connectivity index (χ4v) is 9.52. The first-order chi connectivity index (χ1) is 34.5. The monoisotopic (exact) mass is 1060 g/mol. The molecular formula is C50H85N3O17P2. The molecule has 1 aliphatic heterocycles. The van der Waals surface area contributed by atoms with Gasteiger partial charge in [-0.1, -0.05) is 133 Å². The molecule has 2 unspecified atom stereocenters. The number of aliphatic hydroxyl groups is 4. The Morgan fingerprint density at radius 2 is 1.28 bits per heavy atom. The molecule has 0 aromatic carbocycles. The van der Waals surface area contributed by atoms with Crippen LogP contribution in [0.2, 0.25) is 0 Å². The number of nitrogens with two attached hydrogens (primary N) is 1. The normalized spacial score (nSPS) is 20.3. The van der Waals surface area contributed by atoms with Crippen LogP contribution in [0.5, 0.6) is 0 Å². The molecule has 1 fully saturated rings. The molecule has 1 aliphatic rings. The molecule has 1 aromatic rings. The molecule has 1 saturated heterocycles. The van der Waals surface area contributed by atoms with Gasteiger partial charge in [0.25, 0.3) is 0 Å². The fourth-order valence-electron chi connectivity index (χ4n) is 7.41. The highest BCUT2D eigenvalue weighted by Gasteiger charge is 2.46. The molecule has 412 valence electrons. The van der Waals surface area contributed by atoms with Crippen LogP contribution in [-0.2, 0) is 46.3 Å². The average molecular weight is 1060 g/mol. The van der Waals surface area contributed by atoms with Crippen LogP contribution in [-0.4, -0.2) is 108 Å². The topological polar surface area (TPSA) is 306 Å². The second kappa shape index (κ2) is 38.2. The number of aliphatic hydroxyl groups excluding tert-OH is 4. The summed E-state index contributed by atoms with van der Waals surface area (Å²) >= 11 is 0. The van der Waals surface area contributed by atoms with Gasteiger partial charge in [-0.15, -0.1) is 0 Å². The number of anilines is 1. The largest absolute Gasteiger partial charge is 0.481 e. The highest BCUT2D eigenvalue weighted by Crippen LogP contribution is 2.60. The van der Waals surface area contributed by atoms with Crippen LogP contribution >= 0.6 is 15.6 Å². The van der Waals surface area contributed by atoms with Crippen LogP contribution in [0.1, 0.15) is 174 Å². The molecule has 9 atom stereocenters. The van der Waals surface area contributed by atoms with Crippen LogP contribution in [0.3, 0.4) is 0 Å². The molecule has 20 nitrogen and oxygen atoms in total. The molecule has 0 aliphatic carbocycles. The second-order valence-electron chi connectivity index (χ2n) is 18.0. The zero-order chi connectivity index (χ0) is 53.0. The first kappa shape index (κ1) is 64.8. The molecule has 0 spiro atoms. The maximum Gasteiger partial charge on any atom is 0.481 e. The number of phosphoric ester groups is 2. The van der Waals surface area contributed by atoms with E-state index in [1.54, 1.807) is 0 Å². The molecule has 8 N–H and O–H groups in total. The van der Waals surface area contributed by atoms with Crippen molar-refractivity contribution in [3.63, 3.8) is 0 Å². The lowest BCUT2D eigenvalue weighted by Crippen LogP contribution is -2.36. The van der Waals surface area contributed by atoms with E-state index in [-0.39, 0.29) is 18.7 Å². The number of carbonyl (C=O) groups excluding carboxylic acids is 2. The number of phosphoric acid groups is 2. The zero-order valence-electron chi connectivity index (χ0n) is 42.4. The van der Waals surface area contributed by atoms with Gasteiger partial charge in [-0.25, -0.2) is 13.9 Å². The Hall–Kier alpha value is -3.36. The number of aromatic nitrogens is 2. The van der Waals surface area contributed by atoms with Crippen LogP contribution in [0.4, 0.5) is 5.82 Å². The summed E-state index contributed by atoms with van der Waals surface area (Å²) in [4.78, 5) is 61.9. The Bertz CT molecular complexity index is 1930. The highest BCUT2D eigenvalue weighted by atomic mass is 31.3. The van der Waals surface area contributed by atoms with E-state index < -0.39 is 95.9 Å². The minimum atomic E-state index is -5.47. The lowest BCUT2D eigenvalue weighted by Gasteiger charge is -2.21. The van der Waals surface area contributed by atoms with Crippen molar-refractivity contribution in [2.24, 2.45) is 0 Å². The summed E-state index contributed by atoms with van der Waals surface area (Å²) in [5.41, 5.74) is 4.57.